The Morgan fingerprint density at radius 3 is 2.60 bits per heavy atom. The minimum atomic E-state index is -2.98. The van der Waals surface area contributed by atoms with E-state index in [0.717, 1.165) is 5.56 Å². The van der Waals surface area contributed by atoms with Crippen molar-refractivity contribution in [3.05, 3.63) is 59.9 Å². The number of para-hydroxylation sites is 2. The van der Waals surface area contributed by atoms with E-state index in [4.69, 9.17) is 0 Å². The number of benzene rings is 2. The zero-order valence-corrected chi connectivity index (χ0v) is 13.9. The van der Waals surface area contributed by atoms with Crippen LogP contribution >= 0.6 is 0 Å². The Balaban J connectivity index is 2.02. The highest BCUT2D eigenvalue weighted by molar-refractivity contribution is 5.95. The van der Waals surface area contributed by atoms with Crippen LogP contribution in [-0.2, 0) is 11.3 Å². The van der Waals surface area contributed by atoms with Crippen LogP contribution in [0.25, 0.3) is 0 Å². The molecular formula is C18H19F3N2O2. The topological polar surface area (TPSA) is 41.6 Å². The van der Waals surface area contributed by atoms with E-state index in [1.54, 1.807) is 37.1 Å². The summed E-state index contributed by atoms with van der Waals surface area (Å²) in [6.45, 7) is -0.946. The molecule has 0 aliphatic rings. The molecular weight excluding hydrogens is 333 g/mol. The molecule has 1 unspecified atom stereocenters. The van der Waals surface area contributed by atoms with Crippen LogP contribution < -0.4 is 10.1 Å². The number of hydrogen-bond donors (Lipinski definition) is 1. The second-order valence-corrected chi connectivity index (χ2v) is 5.58. The molecule has 0 saturated carbocycles. The number of hydrogen-bond acceptors (Lipinski definition) is 3. The Labute approximate surface area is 144 Å². The Bertz CT molecular complexity index is 725. The van der Waals surface area contributed by atoms with Gasteiger partial charge in [0.25, 0.3) is 0 Å². The highest BCUT2D eigenvalue weighted by atomic mass is 19.3. The quantitative estimate of drug-likeness (QED) is 0.822. The summed E-state index contributed by atoms with van der Waals surface area (Å²) in [4.78, 5) is 14.1. The molecule has 0 saturated heterocycles. The molecule has 0 heterocycles. The van der Waals surface area contributed by atoms with Gasteiger partial charge in [-0.25, -0.2) is 4.39 Å². The number of alkyl halides is 2. The van der Waals surface area contributed by atoms with Gasteiger partial charge in [0, 0.05) is 6.54 Å². The minimum absolute atomic E-state index is 0.106. The number of amides is 1. The van der Waals surface area contributed by atoms with Gasteiger partial charge in [-0.3, -0.25) is 9.69 Å². The lowest BCUT2D eigenvalue weighted by Crippen LogP contribution is -2.39. The van der Waals surface area contributed by atoms with Gasteiger partial charge in [0.2, 0.25) is 5.91 Å². The van der Waals surface area contributed by atoms with E-state index in [-0.39, 0.29) is 23.2 Å². The fourth-order valence-electron chi connectivity index (χ4n) is 2.27. The Kier molecular flexibility index (Phi) is 6.41. The highest BCUT2D eigenvalue weighted by Crippen LogP contribution is 2.25. The van der Waals surface area contributed by atoms with Crippen molar-refractivity contribution in [2.75, 3.05) is 12.4 Å². The lowest BCUT2D eigenvalue weighted by molar-refractivity contribution is -0.120. The van der Waals surface area contributed by atoms with Gasteiger partial charge in [-0.15, -0.1) is 0 Å². The Hall–Kier alpha value is -2.54. The van der Waals surface area contributed by atoms with Crippen molar-refractivity contribution in [1.29, 1.82) is 0 Å². The number of ether oxygens (including phenoxy) is 1. The monoisotopic (exact) mass is 352 g/mol. The third-order valence-corrected chi connectivity index (χ3v) is 3.72. The molecule has 0 fully saturated rings. The fourth-order valence-corrected chi connectivity index (χ4v) is 2.27. The van der Waals surface area contributed by atoms with Crippen molar-refractivity contribution >= 4 is 11.6 Å². The van der Waals surface area contributed by atoms with Crippen molar-refractivity contribution in [2.24, 2.45) is 0 Å². The largest absolute Gasteiger partial charge is 0.433 e. The van der Waals surface area contributed by atoms with Crippen LogP contribution in [0.1, 0.15) is 12.5 Å². The standard InChI is InChI=1S/C18H19F3N2O2/c1-12(23(2)11-13-6-5-7-14(19)10-13)17(24)22-15-8-3-4-9-16(15)25-18(20)21/h3-10,12,18H,11H2,1-2H3,(H,22,24). The third-order valence-electron chi connectivity index (χ3n) is 3.72. The predicted molar refractivity (Wildman–Crippen MR) is 89.0 cm³/mol. The van der Waals surface area contributed by atoms with Crippen LogP contribution in [0.5, 0.6) is 5.75 Å². The van der Waals surface area contributed by atoms with Gasteiger partial charge >= 0.3 is 6.61 Å². The van der Waals surface area contributed by atoms with E-state index >= 15 is 0 Å². The smallest absolute Gasteiger partial charge is 0.387 e. The van der Waals surface area contributed by atoms with Gasteiger partial charge < -0.3 is 10.1 Å². The SMILES string of the molecule is CC(C(=O)Nc1ccccc1OC(F)F)N(C)Cc1cccc(F)c1. The fraction of sp³-hybridized carbons (Fsp3) is 0.278. The van der Waals surface area contributed by atoms with E-state index in [2.05, 4.69) is 10.1 Å². The van der Waals surface area contributed by atoms with Crippen LogP contribution in [0, 0.1) is 5.82 Å². The molecule has 0 bridgehead atoms. The first-order valence-electron chi connectivity index (χ1n) is 7.66. The second kappa shape index (κ2) is 8.53. The van der Waals surface area contributed by atoms with E-state index in [0.29, 0.717) is 6.54 Å². The zero-order valence-electron chi connectivity index (χ0n) is 13.9. The van der Waals surface area contributed by atoms with Gasteiger partial charge in [0.1, 0.15) is 11.6 Å². The van der Waals surface area contributed by atoms with Crippen molar-refractivity contribution in [2.45, 2.75) is 26.1 Å². The predicted octanol–water partition coefficient (Wildman–Crippen LogP) is 3.89. The number of halogens is 3. The highest BCUT2D eigenvalue weighted by Gasteiger charge is 2.20. The molecule has 0 aliphatic carbocycles. The normalized spacial score (nSPS) is 12.3. The van der Waals surface area contributed by atoms with Crippen LogP contribution in [0.3, 0.4) is 0 Å². The second-order valence-electron chi connectivity index (χ2n) is 5.58. The van der Waals surface area contributed by atoms with Crippen molar-refractivity contribution in [1.82, 2.24) is 4.90 Å². The molecule has 0 aliphatic heterocycles. The number of nitrogens with one attached hydrogen (secondary N) is 1. The molecule has 0 spiro atoms. The lowest BCUT2D eigenvalue weighted by atomic mass is 10.1. The minimum Gasteiger partial charge on any atom is -0.433 e. The first kappa shape index (κ1) is 18.8. The number of anilines is 1. The summed E-state index contributed by atoms with van der Waals surface area (Å²) in [5.41, 5.74) is 0.891. The van der Waals surface area contributed by atoms with Gasteiger partial charge in [-0.2, -0.15) is 8.78 Å². The number of rotatable bonds is 7. The van der Waals surface area contributed by atoms with E-state index in [9.17, 15) is 18.0 Å². The van der Waals surface area contributed by atoms with Gasteiger partial charge in [0.15, 0.2) is 0 Å². The van der Waals surface area contributed by atoms with Crippen LogP contribution in [0.2, 0.25) is 0 Å². The summed E-state index contributed by atoms with van der Waals surface area (Å²) in [7, 11) is 1.72. The average Bonchev–Trinajstić information content (AvgIpc) is 2.55. The van der Waals surface area contributed by atoms with E-state index < -0.39 is 12.7 Å². The third kappa shape index (κ3) is 5.49. The first-order chi connectivity index (χ1) is 11.9. The van der Waals surface area contributed by atoms with Crippen LogP contribution in [0.15, 0.2) is 48.5 Å². The van der Waals surface area contributed by atoms with Crippen molar-refractivity contribution in [3.63, 3.8) is 0 Å². The molecule has 2 aromatic carbocycles. The summed E-state index contributed by atoms with van der Waals surface area (Å²) >= 11 is 0. The molecule has 25 heavy (non-hydrogen) atoms. The number of carbonyl (C=O) groups is 1. The molecule has 134 valence electrons. The Morgan fingerprint density at radius 2 is 1.92 bits per heavy atom. The molecule has 1 amide bonds. The van der Waals surface area contributed by atoms with Gasteiger partial charge in [-0.05, 0) is 43.8 Å². The van der Waals surface area contributed by atoms with E-state index in [1.807, 2.05) is 0 Å². The molecule has 1 N–H and O–H groups in total. The first-order valence-corrected chi connectivity index (χ1v) is 7.66. The summed E-state index contributed by atoms with van der Waals surface area (Å²) in [5, 5.41) is 2.58. The molecule has 2 aromatic rings. The van der Waals surface area contributed by atoms with Crippen LogP contribution in [0.4, 0.5) is 18.9 Å². The van der Waals surface area contributed by atoms with Crippen LogP contribution in [-0.4, -0.2) is 30.5 Å². The zero-order chi connectivity index (χ0) is 18.4. The number of carbonyl (C=O) groups excluding carboxylic acids is 1. The number of likely N-dealkylation sites (N-methyl/N-ethyl adjacent to an activating group) is 1. The molecule has 0 aromatic heterocycles. The van der Waals surface area contributed by atoms with Gasteiger partial charge in [-0.1, -0.05) is 24.3 Å². The summed E-state index contributed by atoms with van der Waals surface area (Å²) in [5.74, 6) is -0.837. The number of nitrogens with zero attached hydrogens (tertiary/aromatic N) is 1. The maximum atomic E-state index is 13.2. The van der Waals surface area contributed by atoms with Gasteiger partial charge in [0.05, 0.1) is 11.7 Å². The summed E-state index contributed by atoms with van der Waals surface area (Å²) < 4.78 is 42.5. The molecule has 2 rings (SSSR count). The molecule has 7 heteroatoms. The lowest BCUT2D eigenvalue weighted by Gasteiger charge is -2.24. The molecule has 0 radical (unpaired) electrons. The van der Waals surface area contributed by atoms with Crippen molar-refractivity contribution < 1.29 is 22.7 Å². The maximum Gasteiger partial charge on any atom is 0.387 e. The summed E-state index contributed by atoms with van der Waals surface area (Å²) in [6, 6.07) is 11.5. The average molecular weight is 352 g/mol. The summed E-state index contributed by atoms with van der Waals surface area (Å²) in [6.07, 6.45) is 0. The van der Waals surface area contributed by atoms with Crippen molar-refractivity contribution in [3.8, 4) is 5.75 Å². The Morgan fingerprint density at radius 1 is 1.20 bits per heavy atom. The molecule has 1 atom stereocenters. The molecule has 4 nitrogen and oxygen atoms in total. The maximum absolute atomic E-state index is 13.2. The van der Waals surface area contributed by atoms with E-state index in [1.165, 1.54) is 30.3 Å².